The van der Waals surface area contributed by atoms with Gasteiger partial charge in [-0.25, -0.2) is 0 Å². The number of nitrogens with one attached hydrogen (secondary N) is 1. The van der Waals surface area contributed by atoms with Crippen molar-refractivity contribution in [3.05, 3.63) is 82.6 Å². The number of amides is 1. The number of benzene rings is 2. The monoisotopic (exact) mass is 333 g/mol. The molecule has 0 atom stereocenters. The first-order chi connectivity index (χ1) is 11.8. The second-order valence-electron chi connectivity index (χ2n) is 5.44. The molecule has 0 spiro atoms. The van der Waals surface area contributed by atoms with E-state index in [9.17, 15) is 4.79 Å². The number of aromatic nitrogens is 2. The number of fused-ring (bicyclic) bond motifs is 1. The summed E-state index contributed by atoms with van der Waals surface area (Å²) in [6.45, 7) is 0.663. The van der Waals surface area contributed by atoms with Gasteiger partial charge in [0.15, 0.2) is 5.82 Å². The van der Waals surface area contributed by atoms with Crippen molar-refractivity contribution in [2.75, 3.05) is 5.32 Å². The fourth-order valence-corrected chi connectivity index (χ4v) is 3.29. The van der Waals surface area contributed by atoms with E-state index in [0.29, 0.717) is 17.2 Å². The zero-order valence-electron chi connectivity index (χ0n) is 12.8. The lowest BCUT2D eigenvalue weighted by molar-refractivity contribution is 0.103. The predicted molar refractivity (Wildman–Crippen MR) is 97.5 cm³/mol. The Morgan fingerprint density at radius 2 is 1.79 bits per heavy atom. The van der Waals surface area contributed by atoms with Crippen molar-refractivity contribution in [3.8, 4) is 0 Å². The Morgan fingerprint density at radius 1 is 1.00 bits per heavy atom. The highest BCUT2D eigenvalue weighted by molar-refractivity contribution is 7.12. The van der Waals surface area contributed by atoms with Gasteiger partial charge in [0.05, 0.1) is 16.9 Å². The van der Waals surface area contributed by atoms with Crippen molar-refractivity contribution in [1.29, 1.82) is 0 Å². The minimum absolute atomic E-state index is 0.125. The Morgan fingerprint density at radius 3 is 2.58 bits per heavy atom. The summed E-state index contributed by atoms with van der Waals surface area (Å²) in [6, 6.07) is 21.8. The third-order valence-electron chi connectivity index (χ3n) is 3.81. The Labute approximate surface area is 143 Å². The molecule has 24 heavy (non-hydrogen) atoms. The van der Waals surface area contributed by atoms with E-state index in [1.165, 1.54) is 16.9 Å². The van der Waals surface area contributed by atoms with Crippen LogP contribution in [0.5, 0.6) is 0 Å². The fourth-order valence-electron chi connectivity index (χ4n) is 2.67. The van der Waals surface area contributed by atoms with E-state index in [-0.39, 0.29) is 5.91 Å². The first kappa shape index (κ1) is 14.7. The Hall–Kier alpha value is -2.92. The van der Waals surface area contributed by atoms with Crippen molar-refractivity contribution < 1.29 is 4.79 Å². The lowest BCUT2D eigenvalue weighted by Gasteiger charge is -2.03. The lowest BCUT2D eigenvalue weighted by Crippen LogP contribution is -2.11. The van der Waals surface area contributed by atoms with Gasteiger partial charge in [-0.15, -0.1) is 11.3 Å². The number of carbonyl (C=O) groups excluding carboxylic acids is 1. The summed E-state index contributed by atoms with van der Waals surface area (Å²) in [5.41, 5.74) is 2.17. The van der Waals surface area contributed by atoms with Crippen LogP contribution in [0, 0.1) is 0 Å². The number of hydrogen-bond donors (Lipinski definition) is 1. The smallest absolute Gasteiger partial charge is 0.266 e. The minimum atomic E-state index is -0.125. The van der Waals surface area contributed by atoms with Crippen LogP contribution < -0.4 is 5.32 Å². The highest BCUT2D eigenvalue weighted by atomic mass is 32.1. The topological polar surface area (TPSA) is 46.9 Å². The molecule has 0 saturated carbocycles. The van der Waals surface area contributed by atoms with Crippen molar-refractivity contribution >= 4 is 34.0 Å². The molecule has 1 amide bonds. The van der Waals surface area contributed by atoms with Crippen molar-refractivity contribution in [3.63, 3.8) is 0 Å². The Bertz CT molecular complexity index is 974. The Kier molecular flexibility index (Phi) is 3.84. The van der Waals surface area contributed by atoms with E-state index in [1.807, 2.05) is 64.7 Å². The number of anilines is 1. The van der Waals surface area contributed by atoms with Crippen LogP contribution >= 0.6 is 11.3 Å². The van der Waals surface area contributed by atoms with Crippen LogP contribution in [0.1, 0.15) is 15.2 Å². The molecule has 0 bridgehead atoms. The zero-order chi connectivity index (χ0) is 16.4. The highest BCUT2D eigenvalue weighted by Gasteiger charge is 2.14. The molecule has 2 heterocycles. The average molecular weight is 333 g/mol. The SMILES string of the molecule is O=C(Nc1nn(Cc2ccccc2)c2ccccc12)c1cccs1. The first-order valence-electron chi connectivity index (χ1n) is 7.65. The van der Waals surface area contributed by atoms with Crippen molar-refractivity contribution in [1.82, 2.24) is 9.78 Å². The van der Waals surface area contributed by atoms with Gasteiger partial charge in [0.25, 0.3) is 5.91 Å². The second-order valence-corrected chi connectivity index (χ2v) is 6.39. The van der Waals surface area contributed by atoms with Crippen LogP contribution in [0.25, 0.3) is 10.9 Å². The summed E-state index contributed by atoms with van der Waals surface area (Å²) < 4.78 is 1.93. The largest absolute Gasteiger partial charge is 0.304 e. The van der Waals surface area contributed by atoms with Gasteiger partial charge in [-0.1, -0.05) is 48.5 Å². The van der Waals surface area contributed by atoms with Gasteiger partial charge in [-0.2, -0.15) is 5.10 Å². The summed E-state index contributed by atoms with van der Waals surface area (Å²) in [4.78, 5) is 13.0. The molecule has 1 N–H and O–H groups in total. The molecule has 5 heteroatoms. The maximum Gasteiger partial charge on any atom is 0.266 e. The molecular formula is C19H15N3OS. The normalized spacial score (nSPS) is 10.8. The zero-order valence-corrected chi connectivity index (χ0v) is 13.7. The molecule has 2 aromatic heterocycles. The van der Waals surface area contributed by atoms with Crippen LogP contribution in [0.4, 0.5) is 5.82 Å². The van der Waals surface area contributed by atoms with Crippen LogP contribution in [0.3, 0.4) is 0 Å². The van der Waals surface area contributed by atoms with E-state index in [2.05, 4.69) is 22.5 Å². The first-order valence-corrected chi connectivity index (χ1v) is 8.53. The lowest BCUT2D eigenvalue weighted by atomic mass is 10.2. The number of hydrogen-bond acceptors (Lipinski definition) is 3. The van der Waals surface area contributed by atoms with Gasteiger partial charge in [0.2, 0.25) is 0 Å². The van der Waals surface area contributed by atoms with Gasteiger partial charge in [0.1, 0.15) is 0 Å². The predicted octanol–water partition coefficient (Wildman–Crippen LogP) is 4.40. The van der Waals surface area contributed by atoms with Crippen LogP contribution in [0.15, 0.2) is 72.1 Å². The number of thiophene rings is 1. The van der Waals surface area contributed by atoms with Crippen LogP contribution in [-0.4, -0.2) is 15.7 Å². The molecule has 4 nitrogen and oxygen atoms in total. The van der Waals surface area contributed by atoms with E-state index in [0.717, 1.165) is 10.9 Å². The summed E-state index contributed by atoms with van der Waals surface area (Å²) in [5.74, 6) is 0.472. The molecule has 0 radical (unpaired) electrons. The Balaban J connectivity index is 1.70. The molecule has 118 valence electrons. The van der Waals surface area contributed by atoms with Gasteiger partial charge in [-0.3, -0.25) is 9.48 Å². The number of nitrogens with zero attached hydrogens (tertiary/aromatic N) is 2. The molecular weight excluding hydrogens is 318 g/mol. The number of para-hydroxylation sites is 1. The maximum atomic E-state index is 12.3. The summed E-state index contributed by atoms with van der Waals surface area (Å²) in [6.07, 6.45) is 0. The molecule has 4 aromatic rings. The highest BCUT2D eigenvalue weighted by Crippen LogP contribution is 2.24. The van der Waals surface area contributed by atoms with Gasteiger partial charge in [0, 0.05) is 5.39 Å². The number of carbonyl (C=O) groups is 1. The van der Waals surface area contributed by atoms with Crippen LogP contribution in [0.2, 0.25) is 0 Å². The van der Waals surface area contributed by atoms with Crippen LogP contribution in [-0.2, 0) is 6.54 Å². The van der Waals surface area contributed by atoms with E-state index in [1.54, 1.807) is 0 Å². The summed E-state index contributed by atoms with van der Waals surface area (Å²) in [7, 11) is 0. The van der Waals surface area contributed by atoms with Gasteiger partial charge < -0.3 is 5.32 Å². The molecule has 0 fully saturated rings. The quantitative estimate of drug-likeness (QED) is 0.602. The van der Waals surface area contributed by atoms with E-state index < -0.39 is 0 Å². The summed E-state index contributed by atoms with van der Waals surface area (Å²) in [5, 5.41) is 10.4. The molecule has 2 aromatic carbocycles. The summed E-state index contributed by atoms with van der Waals surface area (Å²) >= 11 is 1.42. The van der Waals surface area contributed by atoms with Crippen molar-refractivity contribution in [2.24, 2.45) is 0 Å². The third kappa shape index (κ3) is 2.81. The molecule has 4 rings (SSSR count). The van der Waals surface area contributed by atoms with Gasteiger partial charge in [-0.05, 0) is 29.1 Å². The standard InChI is InChI=1S/C19H15N3OS/c23-19(17-11-6-12-24-17)20-18-15-9-4-5-10-16(15)22(21-18)13-14-7-2-1-3-8-14/h1-12H,13H2,(H,20,21,23). The number of rotatable bonds is 4. The van der Waals surface area contributed by atoms with E-state index in [4.69, 9.17) is 0 Å². The second kappa shape index (κ2) is 6.29. The maximum absolute atomic E-state index is 12.3. The molecule has 0 saturated heterocycles. The molecule has 0 aliphatic rings. The third-order valence-corrected chi connectivity index (χ3v) is 4.68. The molecule has 0 aliphatic carbocycles. The minimum Gasteiger partial charge on any atom is -0.304 e. The molecule has 0 aliphatic heterocycles. The van der Waals surface area contributed by atoms with Gasteiger partial charge >= 0.3 is 0 Å². The average Bonchev–Trinajstić information content (AvgIpc) is 3.26. The fraction of sp³-hybridized carbons (Fsp3) is 0.0526. The molecule has 0 unspecified atom stereocenters. The van der Waals surface area contributed by atoms with E-state index >= 15 is 0 Å². The van der Waals surface area contributed by atoms with Crippen molar-refractivity contribution in [2.45, 2.75) is 6.54 Å².